The highest BCUT2D eigenvalue weighted by molar-refractivity contribution is 6.42. The number of ether oxygens (including phenoxy) is 1. The van der Waals surface area contributed by atoms with Gasteiger partial charge < -0.3 is 19.6 Å². The van der Waals surface area contributed by atoms with Gasteiger partial charge in [0.2, 0.25) is 0 Å². The Hall–Kier alpha value is -2.70. The molecular weight excluding hydrogens is 501 g/mol. The zero-order chi connectivity index (χ0) is 25.0. The van der Waals surface area contributed by atoms with Gasteiger partial charge in [0.25, 0.3) is 5.91 Å². The number of carbonyl (C=O) groups excluding carboxylic acids is 1. The van der Waals surface area contributed by atoms with Crippen molar-refractivity contribution in [3.8, 4) is 5.75 Å². The van der Waals surface area contributed by atoms with Crippen molar-refractivity contribution in [2.45, 2.75) is 51.2 Å². The van der Waals surface area contributed by atoms with Crippen LogP contribution in [-0.2, 0) is 11.4 Å². The molecule has 8 heteroatoms. The van der Waals surface area contributed by atoms with E-state index < -0.39 is 17.9 Å². The van der Waals surface area contributed by atoms with Crippen molar-refractivity contribution in [1.29, 1.82) is 0 Å². The first-order valence-electron chi connectivity index (χ1n) is 12.4. The van der Waals surface area contributed by atoms with Gasteiger partial charge in [-0.1, -0.05) is 29.3 Å². The Bertz CT molecular complexity index is 1310. The Labute approximate surface area is 218 Å². The van der Waals surface area contributed by atoms with Crippen LogP contribution in [0, 0.1) is 23.2 Å². The van der Waals surface area contributed by atoms with E-state index in [-0.39, 0.29) is 17.6 Å². The van der Waals surface area contributed by atoms with E-state index in [1.54, 1.807) is 36.4 Å². The molecular formula is C28H27Cl2NO5. The number of nitrogens with one attached hydrogen (secondary N) is 1. The van der Waals surface area contributed by atoms with E-state index in [4.69, 9.17) is 32.4 Å². The number of hydrogen-bond acceptors (Lipinski definition) is 4. The molecule has 3 aromatic rings. The van der Waals surface area contributed by atoms with Crippen molar-refractivity contribution >= 4 is 46.0 Å². The van der Waals surface area contributed by atoms with Gasteiger partial charge in [-0.25, -0.2) is 4.79 Å². The summed E-state index contributed by atoms with van der Waals surface area (Å²) in [4.78, 5) is 26.1. The second kappa shape index (κ2) is 9.00. The van der Waals surface area contributed by atoms with Crippen LogP contribution in [0.4, 0.5) is 0 Å². The number of rotatable bonds is 7. The lowest BCUT2D eigenvalue weighted by atomic mass is 9.47. The molecule has 1 heterocycles. The van der Waals surface area contributed by atoms with Crippen molar-refractivity contribution in [3.05, 3.63) is 63.8 Å². The van der Waals surface area contributed by atoms with Crippen molar-refractivity contribution in [2.24, 2.45) is 23.2 Å². The summed E-state index contributed by atoms with van der Waals surface area (Å²) in [6, 6.07) is 9.35. The molecule has 0 radical (unpaired) electrons. The molecule has 2 aromatic carbocycles. The number of benzene rings is 2. The number of carboxylic acids is 1. The van der Waals surface area contributed by atoms with Crippen LogP contribution in [-0.4, -0.2) is 23.0 Å². The minimum Gasteiger partial charge on any atom is -0.487 e. The molecule has 7 rings (SSSR count). The van der Waals surface area contributed by atoms with Gasteiger partial charge in [0.05, 0.1) is 27.3 Å². The summed E-state index contributed by atoms with van der Waals surface area (Å²) in [5.41, 5.74) is 1.26. The SMILES string of the molecule is O=C(NC(C(=O)O)C12CC3CC(CC(C3)C1)C2)c1ccc2occc2c1OCc1ccc(Cl)c(Cl)c1. The smallest absolute Gasteiger partial charge is 0.326 e. The molecule has 4 aliphatic rings. The third-order valence-corrected chi connectivity index (χ3v) is 9.16. The molecule has 1 aromatic heterocycles. The molecule has 36 heavy (non-hydrogen) atoms. The largest absolute Gasteiger partial charge is 0.487 e. The third kappa shape index (κ3) is 4.14. The molecule has 0 saturated heterocycles. The first-order valence-corrected chi connectivity index (χ1v) is 13.2. The van der Waals surface area contributed by atoms with Gasteiger partial charge in [-0.05, 0) is 92.2 Å². The highest BCUT2D eigenvalue weighted by Gasteiger charge is 2.56. The maximum Gasteiger partial charge on any atom is 0.326 e. The average molecular weight is 528 g/mol. The summed E-state index contributed by atoms with van der Waals surface area (Å²) in [5.74, 6) is 0.643. The lowest BCUT2D eigenvalue weighted by Crippen LogP contribution is -2.59. The standard InChI is InChI=1S/C28H27Cl2NO5/c29-21-3-1-15(10-22(21)30)14-36-24-19-5-6-35-23(19)4-2-20(24)26(32)31-25(27(33)34)28-11-16-7-17(12-28)9-18(8-16)13-28/h1-6,10,16-18,25H,7-9,11-14H2,(H,31,32)(H,33,34). The fraction of sp³-hybridized carbons (Fsp3) is 0.429. The van der Waals surface area contributed by atoms with E-state index in [1.165, 1.54) is 25.5 Å². The minimum atomic E-state index is -0.965. The molecule has 188 valence electrons. The Kier molecular flexibility index (Phi) is 5.92. The number of aliphatic carboxylic acids is 1. The van der Waals surface area contributed by atoms with Gasteiger partial charge in [-0.15, -0.1) is 0 Å². The topological polar surface area (TPSA) is 88.8 Å². The lowest BCUT2D eigenvalue weighted by Gasteiger charge is -2.58. The molecule has 4 aliphatic carbocycles. The number of amides is 1. The van der Waals surface area contributed by atoms with Crippen LogP contribution in [0.15, 0.2) is 47.1 Å². The zero-order valence-corrected chi connectivity index (χ0v) is 21.1. The normalized spacial score (nSPS) is 27.2. The number of carbonyl (C=O) groups is 2. The second-order valence-electron chi connectivity index (χ2n) is 10.8. The first-order chi connectivity index (χ1) is 17.3. The van der Waals surface area contributed by atoms with Gasteiger partial charge in [-0.2, -0.15) is 0 Å². The maximum atomic E-state index is 13.6. The quantitative estimate of drug-likeness (QED) is 0.356. The number of carboxylic acid groups (broad SMARTS) is 1. The Morgan fingerprint density at radius 3 is 2.36 bits per heavy atom. The van der Waals surface area contributed by atoms with Crippen molar-refractivity contribution < 1.29 is 23.8 Å². The fourth-order valence-electron chi connectivity index (χ4n) is 7.35. The average Bonchev–Trinajstić information content (AvgIpc) is 3.31. The first kappa shape index (κ1) is 23.7. The van der Waals surface area contributed by atoms with Gasteiger partial charge in [0, 0.05) is 5.41 Å². The highest BCUT2D eigenvalue weighted by Crippen LogP contribution is 2.61. The van der Waals surface area contributed by atoms with Crippen molar-refractivity contribution in [2.75, 3.05) is 0 Å². The zero-order valence-electron chi connectivity index (χ0n) is 19.6. The number of halogens is 2. The second-order valence-corrected chi connectivity index (χ2v) is 11.7. The van der Waals surface area contributed by atoms with Crippen LogP contribution in [0.3, 0.4) is 0 Å². The van der Waals surface area contributed by atoms with E-state index in [0.717, 1.165) is 24.8 Å². The van der Waals surface area contributed by atoms with Crippen LogP contribution in [0.2, 0.25) is 10.0 Å². The molecule has 1 atom stereocenters. The fourth-order valence-corrected chi connectivity index (χ4v) is 7.67. The van der Waals surface area contributed by atoms with Gasteiger partial charge in [0.15, 0.2) is 0 Å². The summed E-state index contributed by atoms with van der Waals surface area (Å²) in [5, 5.41) is 14.7. The van der Waals surface area contributed by atoms with Gasteiger partial charge in [0.1, 0.15) is 24.0 Å². The number of furan rings is 1. The molecule has 2 N–H and O–H groups in total. The summed E-state index contributed by atoms with van der Waals surface area (Å²) in [6.45, 7) is 0.152. The molecule has 0 spiro atoms. The third-order valence-electron chi connectivity index (χ3n) is 8.42. The molecule has 1 unspecified atom stereocenters. The molecule has 4 bridgehead atoms. The Morgan fingerprint density at radius 1 is 1.03 bits per heavy atom. The van der Waals surface area contributed by atoms with Crippen LogP contribution < -0.4 is 10.1 Å². The predicted octanol–water partition coefficient (Wildman–Crippen LogP) is 6.72. The molecule has 6 nitrogen and oxygen atoms in total. The van der Waals surface area contributed by atoms with Crippen LogP contribution in [0.1, 0.15) is 54.4 Å². The van der Waals surface area contributed by atoms with Crippen LogP contribution >= 0.6 is 23.2 Å². The van der Waals surface area contributed by atoms with E-state index in [0.29, 0.717) is 44.5 Å². The monoisotopic (exact) mass is 527 g/mol. The van der Waals surface area contributed by atoms with Crippen molar-refractivity contribution in [1.82, 2.24) is 5.32 Å². The van der Waals surface area contributed by atoms with Gasteiger partial charge >= 0.3 is 5.97 Å². The lowest BCUT2D eigenvalue weighted by molar-refractivity contribution is -0.150. The van der Waals surface area contributed by atoms with E-state index in [2.05, 4.69) is 5.32 Å². The van der Waals surface area contributed by atoms with Crippen LogP contribution in [0.25, 0.3) is 11.0 Å². The summed E-state index contributed by atoms with van der Waals surface area (Å²) < 4.78 is 11.7. The number of fused-ring (bicyclic) bond motifs is 1. The number of hydrogen-bond donors (Lipinski definition) is 2. The van der Waals surface area contributed by atoms with E-state index >= 15 is 0 Å². The molecule has 0 aliphatic heterocycles. The summed E-state index contributed by atoms with van der Waals surface area (Å²) in [7, 11) is 0. The highest BCUT2D eigenvalue weighted by atomic mass is 35.5. The predicted molar refractivity (Wildman–Crippen MR) is 137 cm³/mol. The van der Waals surface area contributed by atoms with Crippen LogP contribution in [0.5, 0.6) is 5.75 Å². The maximum absolute atomic E-state index is 13.6. The Balaban J connectivity index is 1.29. The van der Waals surface area contributed by atoms with E-state index in [9.17, 15) is 14.7 Å². The molecule has 4 saturated carbocycles. The summed E-state index contributed by atoms with van der Waals surface area (Å²) in [6.07, 6.45) is 7.75. The van der Waals surface area contributed by atoms with Gasteiger partial charge in [-0.3, -0.25) is 4.79 Å². The van der Waals surface area contributed by atoms with E-state index in [1.807, 2.05) is 0 Å². The van der Waals surface area contributed by atoms with Crippen molar-refractivity contribution in [3.63, 3.8) is 0 Å². The molecule has 4 fully saturated rings. The summed E-state index contributed by atoms with van der Waals surface area (Å²) >= 11 is 12.2. The molecule has 1 amide bonds. The minimum absolute atomic E-state index is 0.152. The Morgan fingerprint density at radius 2 is 1.72 bits per heavy atom.